The molecular weight excluding hydrogens is 391 g/mol. The molecule has 0 spiro atoms. The molecule has 126 valence electrons. The van der Waals surface area contributed by atoms with Crippen molar-refractivity contribution in [3.63, 3.8) is 0 Å². The van der Waals surface area contributed by atoms with Crippen LogP contribution in [0.25, 0.3) is 0 Å². The molecule has 0 radical (unpaired) electrons. The van der Waals surface area contributed by atoms with Gasteiger partial charge in [-0.05, 0) is 38.2 Å². The molecule has 1 heterocycles. The van der Waals surface area contributed by atoms with E-state index in [1.54, 1.807) is 6.92 Å². The number of hydrogen-bond donors (Lipinski definition) is 3. The summed E-state index contributed by atoms with van der Waals surface area (Å²) in [4.78, 5) is 28.0. The number of rotatable bonds is 5. The lowest BCUT2D eigenvalue weighted by Gasteiger charge is -2.19. The van der Waals surface area contributed by atoms with Gasteiger partial charge in [0.25, 0.3) is 5.91 Å². The molecule has 0 bridgehead atoms. The number of carbonyl (C=O) groups is 2. The average molecular weight is 407 g/mol. The molecule has 2 amide bonds. The molecule has 0 aliphatic rings. The summed E-state index contributed by atoms with van der Waals surface area (Å²) in [7, 11) is 0. The van der Waals surface area contributed by atoms with Crippen LogP contribution in [0, 0.1) is 0 Å². The van der Waals surface area contributed by atoms with Gasteiger partial charge in [0.2, 0.25) is 0 Å². The average Bonchev–Trinajstić information content (AvgIpc) is 2.46. The molecule has 23 heavy (non-hydrogen) atoms. The van der Waals surface area contributed by atoms with Gasteiger partial charge in [0.1, 0.15) is 18.2 Å². The van der Waals surface area contributed by atoms with Crippen LogP contribution in [0.2, 0.25) is 0 Å². The first-order valence-electron chi connectivity index (χ1n) is 6.64. The Balaban J connectivity index is 2.95. The molecule has 0 aliphatic heterocycles. The number of alkyl halides is 1. The molecule has 1 atom stereocenters. The summed E-state index contributed by atoms with van der Waals surface area (Å²) in [5.74, 6) is -0.349. The lowest BCUT2D eigenvalue weighted by atomic mass is 10.3. The number of hydrogen-bond acceptors (Lipinski definition) is 4. The first-order chi connectivity index (χ1) is 10.8. The molecule has 0 aromatic carbocycles. The van der Waals surface area contributed by atoms with Gasteiger partial charge in [0.05, 0.1) is 6.04 Å². The minimum Gasteiger partial charge on any atom is -0.465 e. The number of nitrogens with one attached hydrogen (secondary N) is 2. The second kappa shape index (κ2) is 8.73. The van der Waals surface area contributed by atoms with Crippen molar-refractivity contribution in [2.75, 3.05) is 18.5 Å². The van der Waals surface area contributed by atoms with E-state index in [1.807, 2.05) is 0 Å². The predicted molar refractivity (Wildman–Crippen MR) is 91.5 cm³/mol. The fraction of sp³-hybridized carbons (Fsp3) is 0.385. The van der Waals surface area contributed by atoms with Gasteiger partial charge in [0, 0.05) is 11.0 Å². The van der Waals surface area contributed by atoms with Gasteiger partial charge < -0.3 is 15.7 Å². The Kier molecular flexibility index (Phi) is 7.30. The van der Waals surface area contributed by atoms with Crippen LogP contribution in [0.4, 0.5) is 15.0 Å². The van der Waals surface area contributed by atoms with Gasteiger partial charge in [-0.2, -0.15) is 0 Å². The molecule has 1 rings (SSSR count). The standard InChI is InChI=1S/C13H16BrFN4O3S/c1-3-19(13(21)22)12(23)18-10-5-8(14)4-9(17-10)11(20)16-7(2)6-15/h4-5,7H,3,6H2,1-2H3,(H,16,20)(H,21,22)(H,17,18,23). The van der Waals surface area contributed by atoms with Crippen LogP contribution in [0.15, 0.2) is 16.6 Å². The third kappa shape index (κ3) is 5.71. The zero-order valence-electron chi connectivity index (χ0n) is 12.5. The van der Waals surface area contributed by atoms with Crippen LogP contribution in [-0.2, 0) is 0 Å². The Morgan fingerprint density at radius 1 is 1.52 bits per heavy atom. The highest BCUT2D eigenvalue weighted by Gasteiger charge is 2.17. The van der Waals surface area contributed by atoms with Crippen molar-refractivity contribution in [3.8, 4) is 0 Å². The second-order valence-electron chi connectivity index (χ2n) is 4.54. The molecule has 3 N–H and O–H groups in total. The third-order valence-electron chi connectivity index (χ3n) is 2.66. The van der Waals surface area contributed by atoms with Crippen LogP contribution in [0.5, 0.6) is 0 Å². The molecule has 0 saturated carbocycles. The molecule has 0 aliphatic carbocycles. The van der Waals surface area contributed by atoms with Crippen molar-refractivity contribution < 1.29 is 19.1 Å². The summed E-state index contributed by atoms with van der Waals surface area (Å²) in [5, 5.41) is 14.1. The molecule has 10 heteroatoms. The van der Waals surface area contributed by atoms with E-state index in [0.29, 0.717) is 4.47 Å². The summed E-state index contributed by atoms with van der Waals surface area (Å²) in [6.07, 6.45) is -1.20. The molecule has 1 unspecified atom stereocenters. The number of thiocarbonyl (C=S) groups is 1. The van der Waals surface area contributed by atoms with Crippen LogP contribution in [0.1, 0.15) is 24.3 Å². The van der Waals surface area contributed by atoms with E-state index < -0.39 is 24.7 Å². The van der Waals surface area contributed by atoms with E-state index in [9.17, 15) is 14.0 Å². The van der Waals surface area contributed by atoms with Crippen molar-refractivity contribution >= 4 is 51.1 Å². The van der Waals surface area contributed by atoms with E-state index in [4.69, 9.17) is 17.3 Å². The first-order valence-corrected chi connectivity index (χ1v) is 7.84. The maximum Gasteiger partial charge on any atom is 0.413 e. The summed E-state index contributed by atoms with van der Waals surface area (Å²) >= 11 is 8.23. The Bertz CT molecular complexity index is 617. The van der Waals surface area contributed by atoms with Crippen molar-refractivity contribution in [1.29, 1.82) is 0 Å². The highest BCUT2D eigenvalue weighted by atomic mass is 79.9. The van der Waals surface area contributed by atoms with E-state index in [2.05, 4.69) is 31.5 Å². The van der Waals surface area contributed by atoms with Crippen molar-refractivity contribution in [2.45, 2.75) is 19.9 Å². The number of pyridine rings is 1. The minimum atomic E-state index is -1.20. The van der Waals surface area contributed by atoms with Gasteiger partial charge in [-0.25, -0.2) is 14.2 Å². The summed E-state index contributed by atoms with van der Waals surface area (Å²) in [6, 6.07) is 2.36. The summed E-state index contributed by atoms with van der Waals surface area (Å²) in [5.41, 5.74) is 0.0448. The number of amides is 2. The molecule has 7 nitrogen and oxygen atoms in total. The van der Waals surface area contributed by atoms with E-state index in [1.165, 1.54) is 19.1 Å². The maximum atomic E-state index is 12.5. The predicted octanol–water partition coefficient (Wildman–Crippen LogP) is 2.63. The molecule has 0 saturated heterocycles. The molecule has 1 aromatic heterocycles. The molecule has 1 aromatic rings. The molecule has 0 fully saturated rings. The zero-order valence-corrected chi connectivity index (χ0v) is 14.9. The van der Waals surface area contributed by atoms with Crippen molar-refractivity contribution in [1.82, 2.24) is 15.2 Å². The highest BCUT2D eigenvalue weighted by molar-refractivity contribution is 9.10. The first kappa shape index (κ1) is 19.2. The number of aromatic nitrogens is 1. The second-order valence-corrected chi connectivity index (χ2v) is 5.84. The summed E-state index contributed by atoms with van der Waals surface area (Å²) in [6.45, 7) is 2.62. The normalized spacial score (nSPS) is 11.5. The summed E-state index contributed by atoms with van der Waals surface area (Å²) < 4.78 is 13.0. The van der Waals surface area contributed by atoms with E-state index in [-0.39, 0.29) is 23.2 Å². The van der Waals surface area contributed by atoms with Crippen molar-refractivity contribution in [3.05, 3.63) is 22.3 Å². The highest BCUT2D eigenvalue weighted by Crippen LogP contribution is 2.17. The maximum absolute atomic E-state index is 12.5. The van der Waals surface area contributed by atoms with Crippen LogP contribution >= 0.6 is 28.1 Å². The van der Waals surface area contributed by atoms with Crippen LogP contribution in [0.3, 0.4) is 0 Å². The SMILES string of the molecule is CCN(C(=O)O)C(=S)Nc1cc(Br)cc(C(=O)NC(C)CF)n1. The Hall–Kier alpha value is -1.81. The fourth-order valence-corrected chi connectivity index (χ4v) is 2.30. The van der Waals surface area contributed by atoms with Gasteiger partial charge in [-0.3, -0.25) is 9.69 Å². The topological polar surface area (TPSA) is 94.6 Å². The zero-order chi connectivity index (χ0) is 17.6. The third-order valence-corrected chi connectivity index (χ3v) is 3.44. The van der Waals surface area contributed by atoms with E-state index >= 15 is 0 Å². The van der Waals surface area contributed by atoms with Crippen molar-refractivity contribution in [2.24, 2.45) is 0 Å². The van der Waals surface area contributed by atoms with Gasteiger partial charge in [0.15, 0.2) is 5.11 Å². The van der Waals surface area contributed by atoms with Crippen LogP contribution < -0.4 is 10.6 Å². The van der Waals surface area contributed by atoms with Gasteiger partial charge in [-0.15, -0.1) is 0 Å². The lowest BCUT2D eigenvalue weighted by Crippen LogP contribution is -2.39. The van der Waals surface area contributed by atoms with Gasteiger partial charge >= 0.3 is 6.09 Å². The Morgan fingerprint density at radius 3 is 2.70 bits per heavy atom. The number of nitrogens with zero attached hydrogens (tertiary/aromatic N) is 2. The quantitative estimate of drug-likeness (QED) is 0.650. The van der Waals surface area contributed by atoms with E-state index in [0.717, 1.165) is 4.90 Å². The Morgan fingerprint density at radius 2 is 2.17 bits per heavy atom. The monoisotopic (exact) mass is 406 g/mol. The fourth-order valence-electron chi connectivity index (χ4n) is 1.56. The smallest absolute Gasteiger partial charge is 0.413 e. The number of carbonyl (C=O) groups excluding carboxylic acids is 1. The van der Waals surface area contributed by atoms with Crippen LogP contribution in [-0.4, -0.2) is 51.4 Å². The molecular formula is C13H16BrFN4O3S. The largest absolute Gasteiger partial charge is 0.465 e. The Labute approximate surface area is 146 Å². The number of halogens is 2. The minimum absolute atomic E-state index is 0.0448. The van der Waals surface area contributed by atoms with Gasteiger partial charge in [-0.1, -0.05) is 15.9 Å². The number of anilines is 1. The lowest BCUT2D eigenvalue weighted by molar-refractivity contribution is 0.0929. The number of carboxylic acid groups (broad SMARTS) is 1.